The van der Waals surface area contributed by atoms with Gasteiger partial charge >= 0.3 is 6.09 Å². The smallest absolute Gasteiger partial charge is 0.410 e. The molecule has 1 aromatic rings. The number of amides is 1. The van der Waals surface area contributed by atoms with Crippen LogP contribution >= 0.6 is 0 Å². The first-order chi connectivity index (χ1) is 11.7. The molecule has 0 radical (unpaired) electrons. The van der Waals surface area contributed by atoms with Crippen molar-refractivity contribution in [2.45, 2.75) is 44.8 Å². The van der Waals surface area contributed by atoms with Gasteiger partial charge in [-0.2, -0.15) is 0 Å². The molecule has 0 saturated carbocycles. The van der Waals surface area contributed by atoms with Gasteiger partial charge in [0.2, 0.25) is 0 Å². The van der Waals surface area contributed by atoms with Crippen LogP contribution in [0.1, 0.15) is 39.2 Å². The minimum Gasteiger partial charge on any atom is -0.482 e. The van der Waals surface area contributed by atoms with E-state index in [0.717, 1.165) is 0 Å². The summed E-state index contributed by atoms with van der Waals surface area (Å²) in [6.45, 7) is 6.63. The molecule has 7 heteroatoms. The number of nitro groups is 1. The summed E-state index contributed by atoms with van der Waals surface area (Å²) in [4.78, 5) is 24.3. The van der Waals surface area contributed by atoms with Crippen molar-refractivity contribution in [3.05, 3.63) is 40.0 Å². The second-order valence-corrected chi connectivity index (χ2v) is 7.45. The molecule has 134 valence electrons. The predicted molar refractivity (Wildman–Crippen MR) is 92.5 cm³/mol. The number of likely N-dealkylation sites (tertiary alicyclic amines) is 1. The number of benzene rings is 1. The number of carbonyl (C=O) groups is 1. The molecule has 2 heterocycles. The quantitative estimate of drug-likeness (QED) is 0.571. The third-order valence-corrected chi connectivity index (χ3v) is 4.35. The number of rotatable bonds is 1. The molecule has 0 aliphatic carbocycles. The molecule has 2 aliphatic heterocycles. The van der Waals surface area contributed by atoms with Gasteiger partial charge in [-0.25, -0.2) is 4.79 Å². The van der Waals surface area contributed by atoms with Crippen molar-refractivity contribution in [3.63, 3.8) is 0 Å². The number of nitrogens with zero attached hydrogens (tertiary/aromatic N) is 2. The molecule has 0 atom stereocenters. The molecule has 25 heavy (non-hydrogen) atoms. The summed E-state index contributed by atoms with van der Waals surface area (Å²) in [5.41, 5.74) is -0.236. The molecule has 1 saturated heterocycles. The Labute approximate surface area is 146 Å². The minimum atomic E-state index is -0.513. The third kappa shape index (κ3) is 3.75. The summed E-state index contributed by atoms with van der Waals surface area (Å²) in [6, 6.07) is 4.59. The van der Waals surface area contributed by atoms with Crippen molar-refractivity contribution >= 4 is 17.9 Å². The van der Waals surface area contributed by atoms with E-state index in [1.165, 1.54) is 12.1 Å². The average molecular weight is 346 g/mol. The van der Waals surface area contributed by atoms with E-state index in [-0.39, 0.29) is 11.8 Å². The Kier molecular flexibility index (Phi) is 4.18. The van der Waals surface area contributed by atoms with Crippen LogP contribution in [0.15, 0.2) is 24.3 Å². The number of non-ortho nitro benzene ring substituents is 1. The van der Waals surface area contributed by atoms with Crippen LogP contribution in [0.2, 0.25) is 0 Å². The standard InChI is InChI=1S/C18H22N2O5/c1-17(2,3)25-16(21)19-10-8-18(9-11-19)7-6-13-12-14(20(22)23)4-5-15(13)24-18/h4-7,12H,8-11H2,1-3H3. The normalized spacial score (nSPS) is 18.4. The maximum Gasteiger partial charge on any atom is 0.410 e. The first-order valence-corrected chi connectivity index (χ1v) is 8.32. The fraction of sp³-hybridized carbons (Fsp3) is 0.500. The van der Waals surface area contributed by atoms with Gasteiger partial charge in [-0.15, -0.1) is 0 Å². The van der Waals surface area contributed by atoms with Crippen LogP contribution in [-0.2, 0) is 4.74 Å². The van der Waals surface area contributed by atoms with E-state index < -0.39 is 16.1 Å². The highest BCUT2D eigenvalue weighted by Crippen LogP contribution is 2.38. The van der Waals surface area contributed by atoms with Gasteiger partial charge in [0.15, 0.2) is 0 Å². The Morgan fingerprint density at radius 1 is 1.32 bits per heavy atom. The zero-order valence-corrected chi connectivity index (χ0v) is 14.7. The van der Waals surface area contributed by atoms with Crippen LogP contribution in [0, 0.1) is 10.1 Å². The zero-order chi connectivity index (χ0) is 18.2. The first-order valence-electron chi connectivity index (χ1n) is 8.32. The Morgan fingerprint density at radius 2 is 2.00 bits per heavy atom. The number of nitro benzene ring substituents is 1. The van der Waals surface area contributed by atoms with Gasteiger partial charge < -0.3 is 14.4 Å². The van der Waals surface area contributed by atoms with Gasteiger partial charge in [0.1, 0.15) is 17.0 Å². The fourth-order valence-electron chi connectivity index (χ4n) is 3.03. The van der Waals surface area contributed by atoms with E-state index in [9.17, 15) is 14.9 Å². The van der Waals surface area contributed by atoms with Crippen molar-refractivity contribution < 1.29 is 19.2 Å². The van der Waals surface area contributed by atoms with E-state index in [1.807, 2.05) is 32.9 Å². The van der Waals surface area contributed by atoms with E-state index in [1.54, 1.807) is 11.0 Å². The predicted octanol–water partition coefficient (Wildman–Crippen LogP) is 3.77. The zero-order valence-electron chi connectivity index (χ0n) is 14.7. The molecule has 0 bridgehead atoms. The number of hydrogen-bond acceptors (Lipinski definition) is 5. The van der Waals surface area contributed by atoms with Gasteiger partial charge in [-0.1, -0.05) is 6.08 Å². The Morgan fingerprint density at radius 3 is 2.60 bits per heavy atom. The van der Waals surface area contributed by atoms with Crippen LogP contribution in [0.3, 0.4) is 0 Å². The summed E-state index contributed by atoms with van der Waals surface area (Å²) in [5, 5.41) is 10.9. The van der Waals surface area contributed by atoms with Crippen molar-refractivity contribution in [2.75, 3.05) is 13.1 Å². The lowest BCUT2D eigenvalue weighted by Gasteiger charge is -2.41. The van der Waals surface area contributed by atoms with Gasteiger partial charge in [-0.3, -0.25) is 10.1 Å². The first kappa shape index (κ1) is 17.3. The van der Waals surface area contributed by atoms with E-state index in [4.69, 9.17) is 9.47 Å². The lowest BCUT2D eigenvalue weighted by molar-refractivity contribution is -0.384. The molecule has 1 fully saturated rings. The Balaban J connectivity index is 1.68. The summed E-state index contributed by atoms with van der Waals surface area (Å²) < 4.78 is 11.5. The summed E-state index contributed by atoms with van der Waals surface area (Å²) in [6.07, 6.45) is 4.82. The number of fused-ring (bicyclic) bond motifs is 1. The van der Waals surface area contributed by atoms with Gasteiger partial charge in [-0.05, 0) is 32.9 Å². The molecule has 1 amide bonds. The molecular weight excluding hydrogens is 324 g/mol. The molecule has 1 aromatic carbocycles. The lowest BCUT2D eigenvalue weighted by atomic mass is 9.88. The third-order valence-electron chi connectivity index (χ3n) is 4.35. The highest BCUT2D eigenvalue weighted by atomic mass is 16.6. The molecule has 0 N–H and O–H groups in total. The lowest BCUT2D eigenvalue weighted by Crippen LogP contribution is -2.50. The summed E-state index contributed by atoms with van der Waals surface area (Å²) >= 11 is 0. The second-order valence-electron chi connectivity index (χ2n) is 7.45. The largest absolute Gasteiger partial charge is 0.482 e. The maximum atomic E-state index is 12.2. The summed E-state index contributed by atoms with van der Waals surface area (Å²) in [7, 11) is 0. The molecular formula is C18H22N2O5. The van der Waals surface area contributed by atoms with Crippen LogP contribution < -0.4 is 4.74 Å². The molecule has 3 rings (SSSR count). The van der Waals surface area contributed by atoms with Gasteiger partial charge in [0.05, 0.1) is 4.92 Å². The fourth-order valence-corrected chi connectivity index (χ4v) is 3.03. The van der Waals surface area contributed by atoms with Gasteiger partial charge in [0, 0.05) is 43.6 Å². The molecule has 0 aromatic heterocycles. The monoisotopic (exact) mass is 346 g/mol. The Hall–Kier alpha value is -2.57. The topological polar surface area (TPSA) is 81.9 Å². The summed E-state index contributed by atoms with van der Waals surface area (Å²) in [5.74, 6) is 0.638. The van der Waals surface area contributed by atoms with E-state index in [0.29, 0.717) is 37.2 Å². The molecule has 0 unspecified atom stereocenters. The van der Waals surface area contributed by atoms with Crippen LogP contribution in [0.5, 0.6) is 5.75 Å². The Bertz CT molecular complexity index is 727. The minimum absolute atomic E-state index is 0.0442. The van der Waals surface area contributed by atoms with Crippen molar-refractivity contribution in [3.8, 4) is 5.75 Å². The maximum absolute atomic E-state index is 12.2. The highest BCUT2D eigenvalue weighted by Gasteiger charge is 2.39. The number of piperidine rings is 1. The van der Waals surface area contributed by atoms with E-state index >= 15 is 0 Å². The van der Waals surface area contributed by atoms with Crippen molar-refractivity contribution in [1.82, 2.24) is 4.90 Å². The second kappa shape index (κ2) is 6.06. The average Bonchev–Trinajstić information content (AvgIpc) is 2.53. The molecule has 1 spiro atoms. The number of ether oxygens (including phenoxy) is 2. The van der Waals surface area contributed by atoms with Crippen molar-refractivity contribution in [1.29, 1.82) is 0 Å². The van der Waals surface area contributed by atoms with E-state index in [2.05, 4.69) is 0 Å². The van der Waals surface area contributed by atoms with Crippen LogP contribution in [-0.4, -0.2) is 40.2 Å². The van der Waals surface area contributed by atoms with Crippen LogP contribution in [0.4, 0.5) is 10.5 Å². The highest BCUT2D eigenvalue weighted by molar-refractivity contribution is 5.68. The number of hydrogen-bond donors (Lipinski definition) is 0. The van der Waals surface area contributed by atoms with Crippen LogP contribution in [0.25, 0.3) is 6.08 Å². The SMILES string of the molecule is CC(C)(C)OC(=O)N1CCC2(C=Cc3cc([N+](=O)[O-])ccc3O2)CC1. The van der Waals surface area contributed by atoms with Gasteiger partial charge in [0.25, 0.3) is 5.69 Å². The molecule has 2 aliphatic rings. The van der Waals surface area contributed by atoms with Crippen molar-refractivity contribution in [2.24, 2.45) is 0 Å². The molecule has 7 nitrogen and oxygen atoms in total. The number of carbonyl (C=O) groups excluding carboxylic acids is 1.